The molecule has 1 heterocycles. The van der Waals surface area contributed by atoms with Gasteiger partial charge in [-0.1, -0.05) is 41.7 Å². The number of amides is 1. The summed E-state index contributed by atoms with van der Waals surface area (Å²) in [6, 6.07) is 10.0. The first-order valence-corrected chi connectivity index (χ1v) is 7.12. The van der Waals surface area contributed by atoms with Crippen LogP contribution in [0.15, 0.2) is 36.5 Å². The van der Waals surface area contributed by atoms with Crippen LogP contribution in [-0.4, -0.2) is 37.7 Å². The van der Waals surface area contributed by atoms with Crippen LogP contribution in [0.25, 0.3) is 10.4 Å². The van der Waals surface area contributed by atoms with E-state index in [-0.39, 0.29) is 12.5 Å². The van der Waals surface area contributed by atoms with Crippen molar-refractivity contribution < 1.29 is 9.53 Å². The van der Waals surface area contributed by atoms with Crippen LogP contribution in [0.1, 0.15) is 0 Å². The average molecular weight is 291 g/mol. The van der Waals surface area contributed by atoms with Crippen LogP contribution in [0.5, 0.6) is 0 Å². The number of carbonyl (C=O) groups excluding carboxylic acids is 1. The summed E-state index contributed by atoms with van der Waals surface area (Å²) >= 11 is 1.53. The highest BCUT2D eigenvalue weighted by Gasteiger charge is 2.05. The molecule has 0 atom stereocenters. The fourth-order valence-electron chi connectivity index (χ4n) is 1.60. The number of anilines is 1. The summed E-state index contributed by atoms with van der Waals surface area (Å²) in [6.07, 6.45) is 1.81. The van der Waals surface area contributed by atoms with Crippen molar-refractivity contribution in [3.8, 4) is 10.4 Å². The summed E-state index contributed by atoms with van der Waals surface area (Å²) < 4.78 is 4.86. The predicted molar refractivity (Wildman–Crippen MR) is 80.9 cm³/mol. The molecule has 0 fully saturated rings. The lowest BCUT2D eigenvalue weighted by molar-refractivity contribution is -0.119. The van der Waals surface area contributed by atoms with Crippen LogP contribution in [0, 0.1) is 0 Å². The highest BCUT2D eigenvalue weighted by atomic mass is 32.1. The summed E-state index contributed by atoms with van der Waals surface area (Å²) in [7, 11) is 1.60. The van der Waals surface area contributed by atoms with Gasteiger partial charge in [0.2, 0.25) is 5.91 Å². The molecule has 0 radical (unpaired) electrons. The lowest BCUT2D eigenvalue weighted by Crippen LogP contribution is -2.32. The van der Waals surface area contributed by atoms with Gasteiger partial charge in [-0.05, 0) is 5.56 Å². The van der Waals surface area contributed by atoms with Crippen molar-refractivity contribution in [2.45, 2.75) is 0 Å². The van der Waals surface area contributed by atoms with Crippen LogP contribution in [0.4, 0.5) is 5.13 Å². The number of benzene rings is 1. The molecule has 1 amide bonds. The smallest absolute Gasteiger partial charge is 0.239 e. The number of hydrogen-bond donors (Lipinski definition) is 2. The number of carbonyl (C=O) groups is 1. The minimum absolute atomic E-state index is 0.0708. The fourth-order valence-corrected chi connectivity index (χ4v) is 2.42. The second kappa shape index (κ2) is 7.62. The van der Waals surface area contributed by atoms with Gasteiger partial charge in [-0.25, -0.2) is 4.98 Å². The maximum Gasteiger partial charge on any atom is 0.239 e. The van der Waals surface area contributed by atoms with Gasteiger partial charge in [0.15, 0.2) is 5.13 Å². The van der Waals surface area contributed by atoms with Crippen LogP contribution in [-0.2, 0) is 9.53 Å². The summed E-state index contributed by atoms with van der Waals surface area (Å²) in [5, 5.41) is 6.50. The molecule has 2 rings (SSSR count). The topological polar surface area (TPSA) is 63.2 Å². The quantitative estimate of drug-likeness (QED) is 0.766. The number of thiazole rings is 1. The number of ether oxygens (including phenoxy) is 1. The zero-order valence-electron chi connectivity index (χ0n) is 11.3. The minimum atomic E-state index is -0.0708. The molecule has 1 aromatic heterocycles. The monoisotopic (exact) mass is 291 g/mol. The molecule has 0 aliphatic rings. The van der Waals surface area contributed by atoms with Gasteiger partial charge in [-0.3, -0.25) is 4.79 Å². The van der Waals surface area contributed by atoms with Crippen LogP contribution in [0.3, 0.4) is 0 Å². The number of aromatic nitrogens is 1. The normalized spacial score (nSPS) is 10.2. The van der Waals surface area contributed by atoms with Gasteiger partial charge < -0.3 is 15.4 Å². The Morgan fingerprint density at radius 2 is 2.15 bits per heavy atom. The summed E-state index contributed by atoms with van der Waals surface area (Å²) in [6.45, 7) is 1.25. The second-order valence-corrected chi connectivity index (χ2v) is 5.12. The maximum atomic E-state index is 11.5. The number of rotatable bonds is 7. The molecule has 0 bridgehead atoms. The highest BCUT2D eigenvalue weighted by Crippen LogP contribution is 2.28. The second-order valence-electron chi connectivity index (χ2n) is 4.09. The first kappa shape index (κ1) is 14.5. The van der Waals surface area contributed by atoms with Gasteiger partial charge in [0.05, 0.1) is 18.0 Å². The molecule has 2 aromatic rings. The number of hydrogen-bond acceptors (Lipinski definition) is 5. The van der Waals surface area contributed by atoms with Crippen molar-refractivity contribution in [2.24, 2.45) is 0 Å². The van der Waals surface area contributed by atoms with Crippen molar-refractivity contribution in [3.05, 3.63) is 36.5 Å². The van der Waals surface area contributed by atoms with Crippen molar-refractivity contribution in [1.29, 1.82) is 0 Å². The Bertz CT molecular complexity index is 542. The van der Waals surface area contributed by atoms with E-state index in [0.29, 0.717) is 13.2 Å². The van der Waals surface area contributed by atoms with E-state index in [9.17, 15) is 4.79 Å². The molecule has 0 saturated heterocycles. The molecule has 0 aliphatic heterocycles. The Hall–Kier alpha value is -1.92. The molecule has 0 spiro atoms. The Morgan fingerprint density at radius 3 is 2.90 bits per heavy atom. The standard InChI is InChI=1S/C14H17N3O2S/c1-19-8-7-15-13(18)10-17-14-16-9-12(20-14)11-5-3-2-4-6-11/h2-6,9H,7-8,10H2,1H3,(H,15,18)(H,16,17). The fraction of sp³-hybridized carbons (Fsp3) is 0.286. The molecular formula is C14H17N3O2S. The Balaban J connectivity index is 1.83. The van der Waals surface area contributed by atoms with Crippen LogP contribution in [0.2, 0.25) is 0 Å². The predicted octanol–water partition coefficient (Wildman–Crippen LogP) is 1.98. The van der Waals surface area contributed by atoms with E-state index in [1.165, 1.54) is 11.3 Å². The van der Waals surface area contributed by atoms with Gasteiger partial charge in [0.25, 0.3) is 0 Å². The molecule has 0 saturated carbocycles. The molecule has 0 unspecified atom stereocenters. The molecule has 106 valence electrons. The van der Waals surface area contributed by atoms with E-state index in [2.05, 4.69) is 15.6 Å². The molecule has 5 nitrogen and oxygen atoms in total. The SMILES string of the molecule is COCCNC(=O)CNc1ncc(-c2ccccc2)s1. The van der Waals surface area contributed by atoms with Crippen molar-refractivity contribution in [2.75, 3.05) is 32.1 Å². The third kappa shape index (κ3) is 4.32. The summed E-state index contributed by atoms with van der Waals surface area (Å²) in [5.74, 6) is -0.0708. The Kier molecular flexibility index (Phi) is 5.52. The zero-order chi connectivity index (χ0) is 14.2. The third-order valence-corrected chi connectivity index (χ3v) is 3.60. The first-order chi connectivity index (χ1) is 9.79. The van der Waals surface area contributed by atoms with Crippen molar-refractivity contribution in [3.63, 3.8) is 0 Å². The zero-order valence-corrected chi connectivity index (χ0v) is 12.1. The van der Waals surface area contributed by atoms with Gasteiger partial charge in [0, 0.05) is 19.9 Å². The third-order valence-electron chi connectivity index (χ3n) is 2.59. The molecule has 0 aliphatic carbocycles. The lowest BCUT2D eigenvalue weighted by atomic mass is 10.2. The average Bonchev–Trinajstić information content (AvgIpc) is 2.95. The minimum Gasteiger partial charge on any atom is -0.383 e. The van der Waals surface area contributed by atoms with E-state index in [1.807, 2.05) is 36.5 Å². The summed E-state index contributed by atoms with van der Waals surface area (Å²) in [4.78, 5) is 16.9. The summed E-state index contributed by atoms with van der Waals surface area (Å²) in [5.41, 5.74) is 1.13. The molecule has 6 heteroatoms. The Labute approximate surface area is 122 Å². The molecule has 1 aromatic carbocycles. The van der Waals surface area contributed by atoms with Gasteiger partial charge >= 0.3 is 0 Å². The van der Waals surface area contributed by atoms with E-state index < -0.39 is 0 Å². The van der Waals surface area contributed by atoms with E-state index in [1.54, 1.807) is 7.11 Å². The van der Waals surface area contributed by atoms with Gasteiger partial charge in [0.1, 0.15) is 0 Å². The Morgan fingerprint density at radius 1 is 1.35 bits per heavy atom. The van der Waals surface area contributed by atoms with E-state index in [4.69, 9.17) is 4.74 Å². The van der Waals surface area contributed by atoms with Crippen molar-refractivity contribution in [1.82, 2.24) is 10.3 Å². The van der Waals surface area contributed by atoms with Crippen LogP contribution >= 0.6 is 11.3 Å². The van der Waals surface area contributed by atoms with E-state index in [0.717, 1.165) is 15.6 Å². The highest BCUT2D eigenvalue weighted by molar-refractivity contribution is 7.18. The lowest BCUT2D eigenvalue weighted by Gasteiger charge is -2.04. The van der Waals surface area contributed by atoms with Crippen LogP contribution < -0.4 is 10.6 Å². The maximum absolute atomic E-state index is 11.5. The number of nitrogens with one attached hydrogen (secondary N) is 2. The van der Waals surface area contributed by atoms with Gasteiger partial charge in [-0.2, -0.15) is 0 Å². The van der Waals surface area contributed by atoms with Crippen molar-refractivity contribution >= 4 is 22.4 Å². The molecular weight excluding hydrogens is 274 g/mol. The molecule has 20 heavy (non-hydrogen) atoms. The van der Waals surface area contributed by atoms with E-state index >= 15 is 0 Å². The number of methoxy groups -OCH3 is 1. The first-order valence-electron chi connectivity index (χ1n) is 6.30. The number of nitrogens with zero attached hydrogens (tertiary/aromatic N) is 1. The van der Waals surface area contributed by atoms with Gasteiger partial charge in [-0.15, -0.1) is 0 Å². The molecule has 2 N–H and O–H groups in total. The largest absolute Gasteiger partial charge is 0.383 e.